The molecule has 0 saturated heterocycles. The Balaban J connectivity index is 1.29. The second-order valence-electron chi connectivity index (χ2n) is 12.4. The fourth-order valence-electron chi connectivity index (χ4n) is 6.74. The highest BCUT2D eigenvalue weighted by Crippen LogP contribution is 2.46. The minimum absolute atomic E-state index is 0.00557. The summed E-state index contributed by atoms with van der Waals surface area (Å²) in [6, 6.07) is 20.5. The Hall–Kier alpha value is -3.55. The van der Waals surface area contributed by atoms with Gasteiger partial charge in [0.05, 0.1) is 23.2 Å². The number of rotatable bonds is 8. The van der Waals surface area contributed by atoms with Crippen LogP contribution in [-0.2, 0) is 15.1 Å². The summed E-state index contributed by atoms with van der Waals surface area (Å²) in [5, 5.41) is 13.3. The molecule has 2 aromatic carbocycles. The molecule has 1 aromatic heterocycles. The standard InChI is InChI=1S/C34H42N4O3/c1-4-31(40)38(3)28-16-10-23(11-17-28)18-30(39)37-27-19-29(24-8-6-5-7-9-24)32(36-20-27)25-12-14-26(15-13-25)34(35)21-33(2,41)22-34/h5-9,12-15,19-20,23,28,41H,4,10-11,16-18,21-22,35H2,1-3H3,(H,37,39)/t23-,28-,33-,34-. The van der Waals surface area contributed by atoms with E-state index >= 15 is 0 Å². The van der Waals surface area contributed by atoms with E-state index in [1.54, 1.807) is 6.20 Å². The van der Waals surface area contributed by atoms with Crippen molar-refractivity contribution in [3.63, 3.8) is 0 Å². The van der Waals surface area contributed by atoms with Gasteiger partial charge in [-0.15, -0.1) is 0 Å². The number of carbonyl (C=O) groups excluding carboxylic acids is 2. The molecule has 1 heterocycles. The number of amides is 2. The lowest BCUT2D eigenvalue weighted by Crippen LogP contribution is -2.58. The molecule has 3 aromatic rings. The summed E-state index contributed by atoms with van der Waals surface area (Å²) in [5.74, 6) is 0.498. The van der Waals surface area contributed by atoms with Gasteiger partial charge in [0.15, 0.2) is 0 Å². The van der Waals surface area contributed by atoms with Crippen LogP contribution in [0.1, 0.15) is 70.8 Å². The zero-order valence-corrected chi connectivity index (χ0v) is 24.4. The topological polar surface area (TPSA) is 109 Å². The molecule has 0 atom stereocenters. The molecule has 2 aliphatic carbocycles. The number of benzene rings is 2. The van der Waals surface area contributed by atoms with E-state index in [2.05, 4.69) is 5.32 Å². The largest absolute Gasteiger partial charge is 0.390 e. The highest BCUT2D eigenvalue weighted by molar-refractivity contribution is 5.93. The van der Waals surface area contributed by atoms with Crippen molar-refractivity contribution >= 4 is 17.5 Å². The molecule has 2 amide bonds. The van der Waals surface area contributed by atoms with Crippen molar-refractivity contribution in [1.29, 1.82) is 0 Å². The maximum Gasteiger partial charge on any atom is 0.224 e. The first kappa shape index (κ1) is 29.0. The number of aliphatic hydroxyl groups is 1. The monoisotopic (exact) mass is 554 g/mol. The Morgan fingerprint density at radius 1 is 1.02 bits per heavy atom. The zero-order valence-electron chi connectivity index (χ0n) is 24.4. The van der Waals surface area contributed by atoms with E-state index in [1.165, 1.54) is 0 Å². The van der Waals surface area contributed by atoms with Crippen LogP contribution in [-0.4, -0.2) is 45.5 Å². The van der Waals surface area contributed by atoms with Crippen LogP contribution in [0.4, 0.5) is 5.69 Å². The summed E-state index contributed by atoms with van der Waals surface area (Å²) in [6.45, 7) is 3.72. The van der Waals surface area contributed by atoms with Crippen molar-refractivity contribution in [1.82, 2.24) is 9.88 Å². The third kappa shape index (κ3) is 6.52. The first-order valence-corrected chi connectivity index (χ1v) is 14.8. The predicted molar refractivity (Wildman–Crippen MR) is 163 cm³/mol. The van der Waals surface area contributed by atoms with Gasteiger partial charge in [-0.3, -0.25) is 14.6 Å². The van der Waals surface area contributed by atoms with Gasteiger partial charge < -0.3 is 21.1 Å². The average Bonchev–Trinajstić information content (AvgIpc) is 2.96. The Bertz CT molecular complexity index is 1370. The maximum absolute atomic E-state index is 13.0. The molecule has 0 aliphatic heterocycles. The van der Waals surface area contributed by atoms with Gasteiger partial charge in [0, 0.05) is 42.6 Å². The molecule has 0 spiro atoms. The van der Waals surface area contributed by atoms with Gasteiger partial charge in [0.2, 0.25) is 11.8 Å². The Labute approximate surface area is 243 Å². The first-order valence-electron chi connectivity index (χ1n) is 14.8. The van der Waals surface area contributed by atoms with Crippen LogP contribution in [0.3, 0.4) is 0 Å². The molecule has 2 aliphatic rings. The van der Waals surface area contributed by atoms with E-state index in [0.29, 0.717) is 37.3 Å². The molecule has 2 saturated carbocycles. The Kier molecular flexibility index (Phi) is 8.30. The minimum Gasteiger partial charge on any atom is -0.390 e. The highest BCUT2D eigenvalue weighted by atomic mass is 16.3. The van der Waals surface area contributed by atoms with Crippen molar-refractivity contribution in [2.24, 2.45) is 11.7 Å². The molecular formula is C34H42N4O3. The fourth-order valence-corrected chi connectivity index (χ4v) is 6.74. The van der Waals surface area contributed by atoms with Crippen LogP contribution < -0.4 is 11.1 Å². The minimum atomic E-state index is -0.707. The number of carbonyl (C=O) groups is 2. The third-order valence-electron chi connectivity index (χ3n) is 8.92. The first-order chi connectivity index (χ1) is 19.6. The molecule has 0 unspecified atom stereocenters. The molecule has 2 fully saturated rings. The van der Waals surface area contributed by atoms with Crippen molar-refractivity contribution in [3.05, 3.63) is 72.4 Å². The second kappa shape index (κ2) is 11.7. The Morgan fingerprint density at radius 2 is 1.68 bits per heavy atom. The van der Waals surface area contributed by atoms with Crippen LogP contribution in [0.5, 0.6) is 0 Å². The summed E-state index contributed by atoms with van der Waals surface area (Å²) in [6.07, 6.45) is 7.58. The molecule has 216 valence electrons. The number of anilines is 1. The zero-order chi connectivity index (χ0) is 29.2. The van der Waals surface area contributed by atoms with Gasteiger partial charge in [-0.05, 0) is 68.6 Å². The van der Waals surface area contributed by atoms with Gasteiger partial charge in [-0.1, -0.05) is 61.5 Å². The van der Waals surface area contributed by atoms with Crippen LogP contribution in [0.2, 0.25) is 0 Å². The number of nitrogens with two attached hydrogens (primary N) is 1. The van der Waals surface area contributed by atoms with Crippen molar-refractivity contribution < 1.29 is 14.7 Å². The van der Waals surface area contributed by atoms with Crippen molar-refractivity contribution in [2.45, 2.75) is 82.4 Å². The third-order valence-corrected chi connectivity index (χ3v) is 8.92. The number of nitrogens with one attached hydrogen (secondary N) is 1. The van der Waals surface area contributed by atoms with E-state index in [0.717, 1.165) is 53.6 Å². The molecule has 0 radical (unpaired) electrons. The number of hydrogen-bond donors (Lipinski definition) is 3. The molecule has 7 heteroatoms. The van der Waals surface area contributed by atoms with Gasteiger partial charge in [-0.2, -0.15) is 0 Å². The van der Waals surface area contributed by atoms with Gasteiger partial charge >= 0.3 is 0 Å². The molecule has 7 nitrogen and oxygen atoms in total. The number of aromatic nitrogens is 1. The lowest BCUT2D eigenvalue weighted by molar-refractivity contribution is -0.132. The Morgan fingerprint density at radius 3 is 2.29 bits per heavy atom. The van der Waals surface area contributed by atoms with Crippen molar-refractivity contribution in [2.75, 3.05) is 12.4 Å². The molecule has 0 bridgehead atoms. The molecule has 5 rings (SSSR count). The smallest absolute Gasteiger partial charge is 0.224 e. The fraction of sp³-hybridized carbons (Fsp3) is 0.441. The number of hydrogen-bond acceptors (Lipinski definition) is 5. The van der Waals surface area contributed by atoms with E-state index in [9.17, 15) is 14.7 Å². The average molecular weight is 555 g/mol. The lowest BCUT2D eigenvalue weighted by Gasteiger charge is -2.49. The molecular weight excluding hydrogens is 512 g/mol. The lowest BCUT2D eigenvalue weighted by atomic mass is 9.63. The highest BCUT2D eigenvalue weighted by Gasteiger charge is 2.49. The molecule has 4 N–H and O–H groups in total. The van der Waals surface area contributed by atoms with Gasteiger partial charge in [-0.25, -0.2) is 0 Å². The second-order valence-corrected chi connectivity index (χ2v) is 12.4. The van der Waals surface area contributed by atoms with Gasteiger partial charge in [0.1, 0.15) is 0 Å². The summed E-state index contributed by atoms with van der Waals surface area (Å²) in [5.41, 5.74) is 10.8. The predicted octanol–water partition coefficient (Wildman–Crippen LogP) is 5.87. The van der Waals surface area contributed by atoms with Crippen LogP contribution in [0.15, 0.2) is 66.9 Å². The van der Waals surface area contributed by atoms with Crippen molar-refractivity contribution in [3.8, 4) is 22.4 Å². The molecule has 41 heavy (non-hydrogen) atoms. The van der Waals surface area contributed by atoms with Gasteiger partial charge in [0.25, 0.3) is 0 Å². The number of nitrogens with zero attached hydrogens (tertiary/aromatic N) is 2. The van der Waals surface area contributed by atoms with E-state index in [4.69, 9.17) is 10.7 Å². The summed E-state index contributed by atoms with van der Waals surface area (Å²) < 4.78 is 0. The van der Waals surface area contributed by atoms with Crippen LogP contribution in [0.25, 0.3) is 22.4 Å². The van der Waals surface area contributed by atoms with E-state index < -0.39 is 11.1 Å². The van der Waals surface area contributed by atoms with E-state index in [-0.39, 0.29) is 17.9 Å². The van der Waals surface area contributed by atoms with Crippen LogP contribution in [0, 0.1) is 5.92 Å². The summed E-state index contributed by atoms with van der Waals surface area (Å²) in [4.78, 5) is 31.8. The normalized spacial score (nSPS) is 25.7. The SMILES string of the molecule is CCC(=O)N(C)[C@H]1CC[C@H](CC(=O)Nc2cnc(-c3ccc([C@]4(N)C[C@](C)(O)C4)cc3)c(-c3ccccc3)c2)CC1. The van der Waals surface area contributed by atoms with Crippen LogP contribution >= 0.6 is 0 Å². The summed E-state index contributed by atoms with van der Waals surface area (Å²) >= 11 is 0. The summed E-state index contributed by atoms with van der Waals surface area (Å²) in [7, 11) is 1.90. The quantitative estimate of drug-likeness (QED) is 0.323. The maximum atomic E-state index is 13.0. The number of pyridine rings is 1. The van der Waals surface area contributed by atoms with E-state index in [1.807, 2.05) is 86.5 Å².